The lowest BCUT2D eigenvalue weighted by molar-refractivity contribution is -0.0708. The standard InChI is InChI=1S/C23H28ClNO/c1-15(23-11-16-7-17(12-23)9-18(8-16)13-23)25-14-21-5-6-22(26-21)19-3-2-4-20(24)10-19/h2-6,10,15-18,25H,7-9,11-14H2,1H3/t15-,16?,17?,18?,23?/m0/s1. The Kier molecular flexibility index (Phi) is 4.17. The first-order valence-electron chi connectivity index (χ1n) is 10.2. The molecule has 1 heterocycles. The van der Waals surface area contributed by atoms with Gasteiger partial charge in [0.25, 0.3) is 0 Å². The number of nitrogens with one attached hydrogen (secondary N) is 1. The number of halogens is 1. The largest absolute Gasteiger partial charge is 0.460 e. The minimum atomic E-state index is 0.539. The highest BCUT2D eigenvalue weighted by atomic mass is 35.5. The first-order chi connectivity index (χ1) is 12.6. The summed E-state index contributed by atoms with van der Waals surface area (Å²) in [5.41, 5.74) is 1.58. The Morgan fingerprint density at radius 3 is 2.42 bits per heavy atom. The van der Waals surface area contributed by atoms with E-state index in [4.69, 9.17) is 16.0 Å². The van der Waals surface area contributed by atoms with Crippen LogP contribution in [0.15, 0.2) is 40.8 Å². The molecule has 1 aromatic carbocycles. The average Bonchev–Trinajstić information content (AvgIpc) is 3.07. The van der Waals surface area contributed by atoms with E-state index in [1.54, 1.807) is 0 Å². The number of furan rings is 1. The number of hydrogen-bond acceptors (Lipinski definition) is 2. The molecule has 6 rings (SSSR count). The van der Waals surface area contributed by atoms with Crippen LogP contribution >= 0.6 is 11.6 Å². The van der Waals surface area contributed by atoms with Gasteiger partial charge in [-0.2, -0.15) is 0 Å². The van der Waals surface area contributed by atoms with Gasteiger partial charge in [-0.25, -0.2) is 0 Å². The summed E-state index contributed by atoms with van der Waals surface area (Å²) in [6.07, 6.45) is 8.85. The summed E-state index contributed by atoms with van der Waals surface area (Å²) in [6.45, 7) is 3.22. The second-order valence-corrected chi connectivity index (χ2v) is 9.60. The van der Waals surface area contributed by atoms with Crippen molar-refractivity contribution in [2.24, 2.45) is 23.2 Å². The summed E-state index contributed by atoms with van der Waals surface area (Å²) in [6, 6.07) is 12.6. The molecular formula is C23H28ClNO. The Hall–Kier alpha value is -1.25. The molecule has 0 saturated heterocycles. The molecule has 138 valence electrons. The van der Waals surface area contributed by atoms with Crippen molar-refractivity contribution in [1.82, 2.24) is 5.32 Å². The lowest BCUT2D eigenvalue weighted by Gasteiger charge is -2.59. The van der Waals surface area contributed by atoms with E-state index in [9.17, 15) is 0 Å². The van der Waals surface area contributed by atoms with Gasteiger partial charge in [-0.05, 0) is 92.9 Å². The van der Waals surface area contributed by atoms with Crippen molar-refractivity contribution < 1.29 is 4.42 Å². The average molecular weight is 370 g/mol. The normalized spacial score (nSPS) is 33.5. The highest BCUT2D eigenvalue weighted by molar-refractivity contribution is 6.30. The molecule has 0 unspecified atom stereocenters. The highest BCUT2D eigenvalue weighted by Gasteiger charge is 2.52. The van der Waals surface area contributed by atoms with Gasteiger partial charge >= 0.3 is 0 Å². The van der Waals surface area contributed by atoms with Crippen LogP contribution in [0.2, 0.25) is 5.02 Å². The third-order valence-corrected chi connectivity index (χ3v) is 7.59. The second-order valence-electron chi connectivity index (χ2n) is 9.16. The third-order valence-electron chi connectivity index (χ3n) is 7.36. The summed E-state index contributed by atoms with van der Waals surface area (Å²) in [4.78, 5) is 0. The van der Waals surface area contributed by atoms with Crippen LogP contribution in [0, 0.1) is 23.2 Å². The van der Waals surface area contributed by atoms with E-state index in [2.05, 4.69) is 24.4 Å². The van der Waals surface area contributed by atoms with E-state index in [1.807, 2.05) is 24.3 Å². The molecule has 4 bridgehead atoms. The topological polar surface area (TPSA) is 25.2 Å². The van der Waals surface area contributed by atoms with E-state index in [1.165, 1.54) is 38.5 Å². The molecule has 4 aliphatic rings. The van der Waals surface area contributed by atoms with Gasteiger partial charge in [0.1, 0.15) is 11.5 Å². The molecule has 0 aliphatic heterocycles. The molecule has 0 spiro atoms. The van der Waals surface area contributed by atoms with Gasteiger partial charge in [-0.15, -0.1) is 0 Å². The molecule has 26 heavy (non-hydrogen) atoms. The van der Waals surface area contributed by atoms with Crippen molar-refractivity contribution in [3.63, 3.8) is 0 Å². The van der Waals surface area contributed by atoms with E-state index < -0.39 is 0 Å². The fraction of sp³-hybridized carbons (Fsp3) is 0.565. The van der Waals surface area contributed by atoms with Gasteiger partial charge in [-0.3, -0.25) is 0 Å². The zero-order valence-electron chi connectivity index (χ0n) is 15.5. The van der Waals surface area contributed by atoms with E-state index in [0.717, 1.165) is 46.4 Å². The predicted molar refractivity (Wildman–Crippen MR) is 106 cm³/mol. The van der Waals surface area contributed by atoms with Crippen LogP contribution in [0.3, 0.4) is 0 Å². The van der Waals surface area contributed by atoms with Crippen molar-refractivity contribution in [3.05, 3.63) is 47.2 Å². The molecule has 4 fully saturated rings. The molecule has 1 atom stereocenters. The van der Waals surface area contributed by atoms with Crippen molar-refractivity contribution in [1.29, 1.82) is 0 Å². The number of benzene rings is 1. The Morgan fingerprint density at radius 1 is 1.08 bits per heavy atom. The smallest absolute Gasteiger partial charge is 0.134 e. The monoisotopic (exact) mass is 369 g/mol. The van der Waals surface area contributed by atoms with Crippen LogP contribution in [-0.2, 0) is 6.54 Å². The molecule has 2 aromatic rings. The quantitative estimate of drug-likeness (QED) is 0.669. The van der Waals surface area contributed by atoms with Gasteiger partial charge in [0.05, 0.1) is 6.54 Å². The van der Waals surface area contributed by atoms with E-state index >= 15 is 0 Å². The van der Waals surface area contributed by atoms with Crippen LogP contribution in [-0.4, -0.2) is 6.04 Å². The highest BCUT2D eigenvalue weighted by Crippen LogP contribution is 2.61. The maximum Gasteiger partial charge on any atom is 0.134 e. The Morgan fingerprint density at radius 2 is 1.77 bits per heavy atom. The second kappa shape index (κ2) is 6.42. The van der Waals surface area contributed by atoms with Crippen molar-refractivity contribution in [3.8, 4) is 11.3 Å². The minimum Gasteiger partial charge on any atom is -0.460 e. The summed E-state index contributed by atoms with van der Waals surface area (Å²) >= 11 is 6.10. The first kappa shape index (κ1) is 16.9. The Labute approximate surface area is 161 Å². The van der Waals surface area contributed by atoms with Crippen LogP contribution in [0.4, 0.5) is 0 Å². The zero-order valence-corrected chi connectivity index (χ0v) is 16.3. The van der Waals surface area contributed by atoms with Crippen molar-refractivity contribution in [2.45, 2.75) is 58.0 Å². The van der Waals surface area contributed by atoms with Gasteiger partial charge in [-0.1, -0.05) is 23.7 Å². The molecule has 2 nitrogen and oxygen atoms in total. The minimum absolute atomic E-state index is 0.539. The van der Waals surface area contributed by atoms with Crippen molar-refractivity contribution in [2.75, 3.05) is 0 Å². The predicted octanol–water partition coefficient (Wildman–Crippen LogP) is 6.29. The van der Waals surface area contributed by atoms with Gasteiger partial charge < -0.3 is 9.73 Å². The Bertz CT molecular complexity index is 760. The lowest BCUT2D eigenvalue weighted by atomic mass is 9.48. The number of rotatable bonds is 5. The van der Waals surface area contributed by atoms with Crippen molar-refractivity contribution >= 4 is 11.6 Å². The van der Waals surface area contributed by atoms with Crippen LogP contribution in [0.25, 0.3) is 11.3 Å². The summed E-state index contributed by atoms with van der Waals surface area (Å²) in [7, 11) is 0. The molecule has 4 saturated carbocycles. The maximum atomic E-state index is 6.10. The lowest BCUT2D eigenvalue weighted by Crippen LogP contribution is -2.54. The SMILES string of the molecule is C[C@H](NCc1ccc(-c2cccc(Cl)c2)o1)C12CC3CC(CC(C3)C1)C2. The molecular weight excluding hydrogens is 342 g/mol. The third kappa shape index (κ3) is 3.01. The molecule has 4 aliphatic carbocycles. The van der Waals surface area contributed by atoms with Gasteiger partial charge in [0.15, 0.2) is 0 Å². The summed E-state index contributed by atoms with van der Waals surface area (Å²) < 4.78 is 6.07. The maximum absolute atomic E-state index is 6.10. The van der Waals surface area contributed by atoms with Gasteiger partial charge in [0.2, 0.25) is 0 Å². The van der Waals surface area contributed by atoms with Gasteiger partial charge in [0, 0.05) is 16.6 Å². The van der Waals surface area contributed by atoms with Crippen LogP contribution in [0.5, 0.6) is 0 Å². The van der Waals surface area contributed by atoms with E-state index in [-0.39, 0.29) is 0 Å². The zero-order chi connectivity index (χ0) is 17.7. The summed E-state index contributed by atoms with van der Waals surface area (Å²) in [5, 5.41) is 4.56. The molecule has 0 amide bonds. The fourth-order valence-electron chi connectivity index (χ4n) is 6.45. The van der Waals surface area contributed by atoms with E-state index in [0.29, 0.717) is 11.5 Å². The molecule has 0 radical (unpaired) electrons. The Balaban J connectivity index is 1.25. The van der Waals surface area contributed by atoms with Crippen LogP contribution < -0.4 is 5.32 Å². The molecule has 1 aromatic heterocycles. The first-order valence-corrected chi connectivity index (χ1v) is 10.6. The van der Waals surface area contributed by atoms with Crippen LogP contribution in [0.1, 0.15) is 51.2 Å². The summed E-state index contributed by atoms with van der Waals surface area (Å²) in [5.74, 6) is 4.92. The molecule has 3 heteroatoms. The fourth-order valence-corrected chi connectivity index (χ4v) is 6.64. The number of hydrogen-bond donors (Lipinski definition) is 1. The molecule has 1 N–H and O–H groups in total.